The first-order valence-corrected chi connectivity index (χ1v) is 8.88. The van der Waals surface area contributed by atoms with Crippen LogP contribution in [0, 0.1) is 41.5 Å². The number of hydrogen-bond acceptors (Lipinski definition) is 5. The topological polar surface area (TPSA) is 83.0 Å². The summed E-state index contributed by atoms with van der Waals surface area (Å²) in [6, 6.07) is 8.31. The van der Waals surface area contributed by atoms with Gasteiger partial charge in [0.25, 0.3) is 0 Å². The van der Waals surface area contributed by atoms with Crippen molar-refractivity contribution in [3.05, 3.63) is 58.2 Å². The van der Waals surface area contributed by atoms with Gasteiger partial charge in [-0.2, -0.15) is 13.2 Å². The molecule has 2 aromatic heterocycles. The third-order valence-electron chi connectivity index (χ3n) is 2.74. The number of pyridine rings is 2. The van der Waals surface area contributed by atoms with E-state index >= 15 is 0 Å². The van der Waals surface area contributed by atoms with Crippen molar-refractivity contribution in [3.8, 4) is 0 Å². The summed E-state index contributed by atoms with van der Waals surface area (Å²) in [7, 11) is -6.09. The van der Waals surface area contributed by atoms with E-state index in [-0.39, 0.29) is 22.4 Å². The van der Waals surface area contributed by atoms with Crippen molar-refractivity contribution in [3.63, 3.8) is 0 Å². The SMILES string of the molecule is Cc1cc(C)nc(C)c1.Cc1cc(C)nc(C)c1.O=S(=O)([O-])C(F)(F)F.[Ag+]. The molecule has 0 aliphatic rings. The normalized spacial score (nSPS) is 10.6. The molecule has 10 heteroatoms. The molecule has 0 radical (unpaired) electrons. The molecule has 0 spiro atoms. The van der Waals surface area contributed by atoms with E-state index in [0.29, 0.717) is 0 Å². The van der Waals surface area contributed by atoms with Crippen molar-refractivity contribution < 1.29 is 48.5 Å². The first kappa shape index (κ1) is 28.0. The van der Waals surface area contributed by atoms with Gasteiger partial charge in [-0.1, -0.05) is 0 Å². The summed E-state index contributed by atoms with van der Waals surface area (Å²) in [6.07, 6.45) is 0. The Morgan fingerprint density at radius 2 is 0.926 bits per heavy atom. The van der Waals surface area contributed by atoms with Crippen LogP contribution in [0.15, 0.2) is 24.3 Å². The number of nitrogens with zero attached hydrogens (tertiary/aromatic N) is 2. The van der Waals surface area contributed by atoms with E-state index in [0.717, 1.165) is 22.8 Å². The van der Waals surface area contributed by atoms with Crippen LogP contribution < -0.4 is 0 Å². The minimum absolute atomic E-state index is 0. The smallest absolute Gasteiger partial charge is 0.741 e. The Bertz CT molecular complexity index is 691. The molecule has 2 heterocycles. The summed E-state index contributed by atoms with van der Waals surface area (Å²) in [4.78, 5) is 8.47. The van der Waals surface area contributed by atoms with Gasteiger partial charge in [0, 0.05) is 22.8 Å². The third kappa shape index (κ3) is 12.7. The Morgan fingerprint density at radius 3 is 1.04 bits per heavy atom. The second kappa shape index (κ2) is 11.6. The van der Waals surface area contributed by atoms with Crippen LogP contribution >= 0.6 is 0 Å². The zero-order valence-corrected chi connectivity index (χ0v) is 18.1. The monoisotopic (exact) mass is 498 g/mol. The minimum atomic E-state index is -6.09. The van der Waals surface area contributed by atoms with Gasteiger partial charge in [-0.3, -0.25) is 9.97 Å². The van der Waals surface area contributed by atoms with Gasteiger partial charge in [0.15, 0.2) is 10.1 Å². The van der Waals surface area contributed by atoms with Gasteiger partial charge in [-0.15, -0.1) is 0 Å². The van der Waals surface area contributed by atoms with Gasteiger partial charge in [0.2, 0.25) is 0 Å². The van der Waals surface area contributed by atoms with Gasteiger partial charge >= 0.3 is 27.9 Å². The summed E-state index contributed by atoms with van der Waals surface area (Å²) < 4.78 is 58.9. The first-order chi connectivity index (χ1) is 11.6. The number of halogens is 3. The molecule has 0 saturated carbocycles. The molecule has 2 aromatic rings. The van der Waals surface area contributed by atoms with Crippen LogP contribution in [0.4, 0.5) is 13.2 Å². The second-order valence-corrected chi connectivity index (χ2v) is 7.13. The van der Waals surface area contributed by atoms with E-state index in [9.17, 15) is 13.2 Å². The molecule has 0 fully saturated rings. The molecule has 5 nitrogen and oxygen atoms in total. The van der Waals surface area contributed by atoms with Crippen LogP contribution in [0.3, 0.4) is 0 Å². The summed E-state index contributed by atoms with van der Waals surface area (Å²) in [5.74, 6) is 0. The average molecular weight is 499 g/mol. The summed E-state index contributed by atoms with van der Waals surface area (Å²) in [6.45, 7) is 12.2. The van der Waals surface area contributed by atoms with Crippen molar-refractivity contribution in [1.82, 2.24) is 9.97 Å². The Balaban J connectivity index is 0. The van der Waals surface area contributed by atoms with Gasteiger partial charge in [0.1, 0.15) is 0 Å². The Kier molecular flexibility index (Phi) is 12.0. The molecular weight excluding hydrogens is 477 g/mol. The van der Waals surface area contributed by atoms with E-state index in [1.54, 1.807) is 0 Å². The van der Waals surface area contributed by atoms with E-state index in [1.165, 1.54) is 11.1 Å². The molecule has 156 valence electrons. The van der Waals surface area contributed by atoms with Crippen LogP contribution in [0.1, 0.15) is 33.9 Å². The van der Waals surface area contributed by atoms with Gasteiger partial charge in [0.05, 0.1) is 0 Å². The largest absolute Gasteiger partial charge is 1.00 e. The Labute approximate surface area is 173 Å². The molecule has 0 unspecified atom stereocenters. The van der Waals surface area contributed by atoms with Crippen LogP contribution in [0.5, 0.6) is 0 Å². The van der Waals surface area contributed by atoms with Gasteiger partial charge in [-0.25, -0.2) is 8.42 Å². The van der Waals surface area contributed by atoms with E-state index in [4.69, 9.17) is 13.0 Å². The molecule has 0 N–H and O–H groups in total. The van der Waals surface area contributed by atoms with Crippen LogP contribution in [-0.4, -0.2) is 28.4 Å². The molecule has 2 rings (SSSR count). The fourth-order valence-corrected chi connectivity index (χ4v) is 2.09. The van der Waals surface area contributed by atoms with Crippen LogP contribution in [0.2, 0.25) is 0 Å². The molecule has 0 aliphatic carbocycles. The second-order valence-electron chi connectivity index (χ2n) is 5.75. The molecule has 0 aliphatic heterocycles. The van der Waals surface area contributed by atoms with Crippen LogP contribution in [-0.2, 0) is 32.5 Å². The number of rotatable bonds is 0. The third-order valence-corrected chi connectivity index (χ3v) is 3.30. The molecule has 27 heavy (non-hydrogen) atoms. The standard InChI is InChI=1S/2C8H11N.CHF3O3S.Ag/c2*1-6-4-7(2)9-8(3)5-6;2-1(3,4)8(5,6)7;/h2*4-5H,1-3H3;(H,5,6,7);/q;;;+1/p-1. The summed E-state index contributed by atoms with van der Waals surface area (Å²) in [5, 5.41) is 0. The van der Waals surface area contributed by atoms with Crippen molar-refractivity contribution in [2.75, 3.05) is 0 Å². The predicted molar refractivity (Wildman–Crippen MR) is 92.6 cm³/mol. The minimum Gasteiger partial charge on any atom is -0.741 e. The molecule has 0 saturated heterocycles. The van der Waals surface area contributed by atoms with Crippen molar-refractivity contribution in [2.24, 2.45) is 0 Å². The number of aryl methyl sites for hydroxylation is 6. The van der Waals surface area contributed by atoms with Crippen molar-refractivity contribution >= 4 is 10.1 Å². The zero-order valence-electron chi connectivity index (χ0n) is 15.8. The maximum Gasteiger partial charge on any atom is 1.00 e. The maximum atomic E-state index is 10.7. The number of hydrogen-bond donors (Lipinski definition) is 0. The van der Waals surface area contributed by atoms with Crippen molar-refractivity contribution in [2.45, 2.75) is 47.1 Å². The van der Waals surface area contributed by atoms with Gasteiger partial charge in [-0.05, 0) is 76.9 Å². The molecular formula is C17H22AgF3N2O3S. The van der Waals surface area contributed by atoms with E-state index < -0.39 is 15.6 Å². The van der Waals surface area contributed by atoms with E-state index in [1.807, 2.05) is 27.7 Å². The van der Waals surface area contributed by atoms with Crippen molar-refractivity contribution in [1.29, 1.82) is 0 Å². The van der Waals surface area contributed by atoms with E-state index in [2.05, 4.69) is 48.1 Å². The fourth-order valence-electron chi connectivity index (χ4n) is 2.09. The van der Waals surface area contributed by atoms with Crippen LogP contribution in [0.25, 0.3) is 0 Å². The summed E-state index contributed by atoms with van der Waals surface area (Å²) >= 11 is 0. The molecule has 0 aromatic carbocycles. The predicted octanol–water partition coefficient (Wildman–Crippen LogP) is 4.06. The molecule has 0 atom stereocenters. The molecule has 0 bridgehead atoms. The molecule has 0 amide bonds. The van der Waals surface area contributed by atoms with Gasteiger partial charge < -0.3 is 4.55 Å². The first-order valence-electron chi connectivity index (χ1n) is 7.47. The number of aromatic nitrogens is 2. The fraction of sp³-hybridized carbons (Fsp3) is 0.412. The quantitative estimate of drug-likeness (QED) is 0.310. The number of alkyl halides is 3. The average Bonchev–Trinajstić information content (AvgIpc) is 2.33. The maximum absolute atomic E-state index is 10.7. The Morgan fingerprint density at radius 1 is 0.741 bits per heavy atom. The zero-order chi connectivity index (χ0) is 20.7. The Hall–Kier alpha value is -1.26. The summed E-state index contributed by atoms with van der Waals surface area (Å²) in [5.41, 5.74) is 1.35.